The van der Waals surface area contributed by atoms with Gasteiger partial charge in [0.15, 0.2) is 17.3 Å². The number of hydrogen-bond donors (Lipinski definition) is 2. The fourth-order valence-corrected chi connectivity index (χ4v) is 6.88. The van der Waals surface area contributed by atoms with E-state index in [4.69, 9.17) is 32.2 Å². The number of nitrogens with zero attached hydrogens (tertiary/aromatic N) is 1. The highest BCUT2D eigenvalue weighted by Crippen LogP contribution is 2.53. The number of carbonyl (C=O) groups excluding carboxylic acids is 1. The molecule has 3 heterocycles. The number of aromatic nitrogens is 1. The zero-order valence-corrected chi connectivity index (χ0v) is 24.6. The molecule has 11 heteroatoms. The molecule has 2 aromatic rings. The van der Waals surface area contributed by atoms with Crippen molar-refractivity contribution in [1.29, 1.82) is 0 Å². The Hall–Kier alpha value is -2.71. The van der Waals surface area contributed by atoms with Crippen molar-refractivity contribution in [2.75, 3.05) is 26.5 Å². The Bertz CT molecular complexity index is 1430. The molecule has 2 aliphatic heterocycles. The van der Waals surface area contributed by atoms with Crippen LogP contribution < -0.4 is 20.3 Å². The summed E-state index contributed by atoms with van der Waals surface area (Å²) in [5, 5.41) is 2.27. The van der Waals surface area contributed by atoms with Gasteiger partial charge in [0, 0.05) is 61.8 Å². The normalized spacial score (nSPS) is 24.4. The number of thioether (sulfide) groups is 1. The third kappa shape index (κ3) is 5.09. The molecule has 8 nitrogen and oxygen atoms in total. The van der Waals surface area contributed by atoms with Gasteiger partial charge in [-0.2, -0.15) is 0 Å². The van der Waals surface area contributed by atoms with E-state index in [1.54, 1.807) is 14.0 Å². The number of nitrogens with one attached hydrogen (secondary N) is 2. The van der Waals surface area contributed by atoms with Crippen LogP contribution in [0.15, 0.2) is 15.8 Å². The summed E-state index contributed by atoms with van der Waals surface area (Å²) in [6.07, 6.45) is 11.6. The second kappa shape index (κ2) is 11.3. The van der Waals surface area contributed by atoms with Crippen LogP contribution in [0.5, 0.6) is 11.5 Å². The lowest BCUT2D eigenvalue weighted by molar-refractivity contribution is -0.130. The molecule has 1 unspecified atom stereocenters. The summed E-state index contributed by atoms with van der Waals surface area (Å²) in [4.78, 5) is 31.6. The summed E-state index contributed by atoms with van der Waals surface area (Å²) in [5.74, 6) is -0.349. The van der Waals surface area contributed by atoms with E-state index in [2.05, 4.69) is 21.1 Å². The summed E-state index contributed by atoms with van der Waals surface area (Å²) in [5.41, 5.74) is 0.247. The van der Waals surface area contributed by atoms with E-state index in [-0.39, 0.29) is 40.1 Å². The van der Waals surface area contributed by atoms with Crippen molar-refractivity contribution < 1.29 is 23.4 Å². The second-order valence-corrected chi connectivity index (χ2v) is 12.0. The number of pyridine rings is 1. The number of terminal acetylenes is 1. The SMILES string of the molecule is C#Cc1c2c(c(Cl)c(F)c1C(=O)NCc1c(SC)cc(C)[nH]c1=O)OC(C)(C1CCC(N3CC(OC)C3)CC1)O2. The molecule has 3 aliphatic rings. The predicted molar refractivity (Wildman–Crippen MR) is 152 cm³/mol. The number of aromatic amines is 1. The van der Waals surface area contributed by atoms with E-state index in [1.807, 2.05) is 19.2 Å². The zero-order valence-electron chi connectivity index (χ0n) is 23.0. The molecule has 2 fully saturated rings. The molecule has 0 radical (unpaired) electrons. The maximum absolute atomic E-state index is 15.6. The molecule has 0 bridgehead atoms. The van der Waals surface area contributed by atoms with Crippen LogP contribution in [0.3, 0.4) is 0 Å². The molecule has 214 valence electrons. The Kier molecular flexibility index (Phi) is 8.13. The minimum atomic E-state index is -1.10. The first-order valence-corrected chi connectivity index (χ1v) is 14.9. The van der Waals surface area contributed by atoms with Gasteiger partial charge in [0.1, 0.15) is 5.02 Å². The van der Waals surface area contributed by atoms with Gasteiger partial charge in [0.05, 0.1) is 17.2 Å². The van der Waals surface area contributed by atoms with Gasteiger partial charge in [-0.1, -0.05) is 17.5 Å². The van der Waals surface area contributed by atoms with Crippen LogP contribution in [-0.2, 0) is 11.3 Å². The van der Waals surface area contributed by atoms with Gasteiger partial charge < -0.3 is 24.5 Å². The second-order valence-electron chi connectivity index (χ2n) is 10.7. The standard InChI is InChI=1S/C29H33ClFN3O5S/c1-6-19-22(28(36)32-12-20-21(40-5)11-15(2)33-27(20)35)24(31)23(30)26-25(19)38-29(3,39-26)16-7-9-17(10-8-16)34-13-18(14-34)37-4/h1,11,16-18H,7-10,12-14H2,2-5H3,(H,32,36)(H,33,35). The number of H-pyrrole nitrogens is 1. The number of halogens is 2. The summed E-state index contributed by atoms with van der Waals surface area (Å²) < 4.78 is 33.5. The Morgan fingerprint density at radius 2 is 2.00 bits per heavy atom. The smallest absolute Gasteiger partial charge is 0.256 e. The number of methoxy groups -OCH3 is 1. The lowest BCUT2D eigenvalue weighted by atomic mass is 9.80. The highest BCUT2D eigenvalue weighted by molar-refractivity contribution is 7.98. The van der Waals surface area contributed by atoms with Crippen LogP contribution in [0.1, 0.15) is 59.8 Å². The molecule has 1 aromatic heterocycles. The lowest BCUT2D eigenvalue weighted by Gasteiger charge is -2.47. The Balaban J connectivity index is 1.34. The number of carbonyl (C=O) groups is 1. The van der Waals surface area contributed by atoms with Gasteiger partial charge in [0.25, 0.3) is 17.3 Å². The van der Waals surface area contributed by atoms with E-state index in [0.717, 1.165) is 38.8 Å². The van der Waals surface area contributed by atoms with Crippen LogP contribution in [0, 0.1) is 31.0 Å². The van der Waals surface area contributed by atoms with Crippen molar-refractivity contribution in [3.63, 3.8) is 0 Å². The van der Waals surface area contributed by atoms with Gasteiger partial charge in [-0.15, -0.1) is 18.2 Å². The molecule has 5 rings (SSSR count). The Morgan fingerprint density at radius 3 is 2.62 bits per heavy atom. The van der Waals surface area contributed by atoms with E-state index in [0.29, 0.717) is 28.3 Å². The van der Waals surface area contributed by atoms with E-state index < -0.39 is 23.1 Å². The molecule has 0 spiro atoms. The van der Waals surface area contributed by atoms with Crippen molar-refractivity contribution >= 4 is 29.3 Å². The lowest BCUT2D eigenvalue weighted by Crippen LogP contribution is -2.57. The molecule has 1 aromatic carbocycles. The quantitative estimate of drug-likeness (QED) is 0.363. The molecular formula is C29H33ClFN3O5S. The van der Waals surface area contributed by atoms with Crippen LogP contribution in [0.25, 0.3) is 0 Å². The maximum atomic E-state index is 15.6. The minimum absolute atomic E-state index is 0.0126. The van der Waals surface area contributed by atoms with Crippen molar-refractivity contribution in [1.82, 2.24) is 15.2 Å². The number of amides is 1. The van der Waals surface area contributed by atoms with Gasteiger partial charge in [0.2, 0.25) is 0 Å². The zero-order chi connectivity index (χ0) is 28.8. The highest BCUT2D eigenvalue weighted by atomic mass is 35.5. The minimum Gasteiger partial charge on any atom is -0.447 e. The summed E-state index contributed by atoms with van der Waals surface area (Å²) >= 11 is 7.78. The first-order valence-electron chi connectivity index (χ1n) is 13.3. The van der Waals surface area contributed by atoms with Gasteiger partial charge in [-0.25, -0.2) is 4.39 Å². The Labute approximate surface area is 242 Å². The third-order valence-electron chi connectivity index (χ3n) is 8.32. The average molecular weight is 590 g/mol. The highest BCUT2D eigenvalue weighted by Gasteiger charge is 2.49. The Morgan fingerprint density at radius 1 is 1.32 bits per heavy atom. The van der Waals surface area contributed by atoms with Crippen molar-refractivity contribution in [2.24, 2.45) is 5.92 Å². The van der Waals surface area contributed by atoms with Crippen LogP contribution in [-0.4, -0.2) is 60.2 Å². The third-order valence-corrected chi connectivity index (χ3v) is 9.46. The monoisotopic (exact) mass is 589 g/mol. The molecular weight excluding hydrogens is 557 g/mol. The largest absolute Gasteiger partial charge is 0.447 e. The van der Waals surface area contributed by atoms with Gasteiger partial charge in [-0.05, 0) is 44.9 Å². The fraction of sp³-hybridized carbons (Fsp3) is 0.517. The van der Waals surface area contributed by atoms with E-state index in [9.17, 15) is 9.59 Å². The fourth-order valence-electron chi connectivity index (χ4n) is 5.95. The summed E-state index contributed by atoms with van der Waals surface area (Å²) in [6, 6.07) is 2.30. The molecule has 1 amide bonds. The molecule has 40 heavy (non-hydrogen) atoms. The van der Waals surface area contributed by atoms with E-state index >= 15 is 4.39 Å². The van der Waals surface area contributed by atoms with Crippen molar-refractivity contribution in [3.8, 4) is 23.8 Å². The number of aryl methyl sites for hydroxylation is 1. The molecule has 1 saturated carbocycles. The molecule has 1 atom stereocenters. The first kappa shape index (κ1) is 28.8. The average Bonchev–Trinajstić information content (AvgIpc) is 3.27. The summed E-state index contributed by atoms with van der Waals surface area (Å²) in [7, 11) is 1.74. The number of fused-ring (bicyclic) bond motifs is 1. The number of likely N-dealkylation sites (tertiary alicyclic amines) is 1. The van der Waals surface area contributed by atoms with Crippen LogP contribution in [0.4, 0.5) is 4.39 Å². The topological polar surface area (TPSA) is 92.9 Å². The van der Waals surface area contributed by atoms with Crippen LogP contribution >= 0.6 is 23.4 Å². The van der Waals surface area contributed by atoms with Crippen molar-refractivity contribution in [3.05, 3.63) is 49.6 Å². The first-order chi connectivity index (χ1) is 19.1. The number of rotatable bonds is 7. The van der Waals surface area contributed by atoms with Gasteiger partial charge in [-0.3, -0.25) is 14.5 Å². The molecule has 1 saturated heterocycles. The maximum Gasteiger partial charge on any atom is 0.256 e. The number of ether oxygens (including phenoxy) is 3. The van der Waals surface area contributed by atoms with E-state index in [1.165, 1.54) is 11.8 Å². The van der Waals surface area contributed by atoms with Crippen LogP contribution in [0.2, 0.25) is 5.02 Å². The number of benzene rings is 1. The van der Waals surface area contributed by atoms with Gasteiger partial charge >= 0.3 is 0 Å². The predicted octanol–water partition coefficient (Wildman–Crippen LogP) is 4.49. The molecule has 2 N–H and O–H groups in total. The van der Waals surface area contributed by atoms with Crippen molar-refractivity contribution in [2.45, 2.75) is 68.9 Å². The summed E-state index contributed by atoms with van der Waals surface area (Å²) in [6.45, 7) is 5.36. The molecule has 1 aliphatic carbocycles. The number of hydrogen-bond acceptors (Lipinski definition) is 7.